The molecular formula is C9H17ClN2O2. The minimum Gasteiger partial charge on any atom is -0.359 e. The van der Waals surface area contributed by atoms with Crippen molar-refractivity contribution in [1.29, 1.82) is 0 Å². The fourth-order valence-electron chi connectivity index (χ4n) is 1.13. The molecule has 0 fully saturated rings. The molecule has 14 heavy (non-hydrogen) atoms. The smallest absolute Gasteiger partial charge is 0.240 e. The van der Waals surface area contributed by atoms with Crippen LogP contribution in [0.5, 0.6) is 0 Å². The highest BCUT2D eigenvalue weighted by atomic mass is 35.5. The molecule has 2 unspecified atom stereocenters. The molecule has 82 valence electrons. The Morgan fingerprint density at radius 2 is 1.93 bits per heavy atom. The molecule has 1 N–H and O–H groups in total. The van der Waals surface area contributed by atoms with Crippen LogP contribution in [0.15, 0.2) is 0 Å². The van der Waals surface area contributed by atoms with E-state index in [9.17, 15) is 9.59 Å². The SMILES string of the molecule is CNC(=O)C(C)CN(C)C(=O)C(C)Cl. The molecule has 0 aromatic heterocycles. The van der Waals surface area contributed by atoms with Crippen LogP contribution in [0.3, 0.4) is 0 Å². The first-order chi connectivity index (χ1) is 6.40. The number of hydrogen-bond donors (Lipinski definition) is 1. The molecule has 0 radical (unpaired) electrons. The van der Waals surface area contributed by atoms with Crippen molar-refractivity contribution in [2.75, 3.05) is 20.6 Å². The van der Waals surface area contributed by atoms with Crippen LogP contribution in [0, 0.1) is 5.92 Å². The quantitative estimate of drug-likeness (QED) is 0.700. The highest BCUT2D eigenvalue weighted by molar-refractivity contribution is 6.30. The summed E-state index contributed by atoms with van der Waals surface area (Å²) in [6.45, 7) is 3.77. The van der Waals surface area contributed by atoms with Crippen molar-refractivity contribution in [2.24, 2.45) is 5.92 Å². The third-order valence-corrected chi connectivity index (χ3v) is 2.14. The Morgan fingerprint density at radius 3 is 2.29 bits per heavy atom. The Balaban J connectivity index is 4.12. The first-order valence-electron chi connectivity index (χ1n) is 4.50. The second-order valence-corrected chi connectivity index (χ2v) is 4.00. The molecule has 0 aliphatic rings. The van der Waals surface area contributed by atoms with Crippen molar-refractivity contribution in [3.05, 3.63) is 0 Å². The van der Waals surface area contributed by atoms with Crippen LogP contribution in [0.2, 0.25) is 0 Å². The van der Waals surface area contributed by atoms with Gasteiger partial charge in [0, 0.05) is 20.6 Å². The van der Waals surface area contributed by atoms with Crippen LogP contribution in [0.25, 0.3) is 0 Å². The molecule has 2 atom stereocenters. The third-order valence-electron chi connectivity index (χ3n) is 1.96. The minimum absolute atomic E-state index is 0.0770. The van der Waals surface area contributed by atoms with Gasteiger partial charge in [-0.3, -0.25) is 9.59 Å². The molecule has 4 nitrogen and oxygen atoms in total. The van der Waals surface area contributed by atoms with Crippen LogP contribution in [-0.2, 0) is 9.59 Å². The van der Waals surface area contributed by atoms with Crippen LogP contribution in [-0.4, -0.2) is 42.7 Å². The minimum atomic E-state index is -0.545. The Labute approximate surface area is 89.6 Å². The highest BCUT2D eigenvalue weighted by Crippen LogP contribution is 2.03. The average Bonchev–Trinajstić information content (AvgIpc) is 2.14. The van der Waals surface area contributed by atoms with E-state index in [0.29, 0.717) is 6.54 Å². The van der Waals surface area contributed by atoms with E-state index in [1.165, 1.54) is 4.90 Å². The van der Waals surface area contributed by atoms with E-state index >= 15 is 0 Å². The molecule has 0 bridgehead atoms. The van der Waals surface area contributed by atoms with Crippen LogP contribution >= 0.6 is 11.6 Å². The number of carbonyl (C=O) groups is 2. The summed E-state index contributed by atoms with van der Waals surface area (Å²) in [5, 5.41) is 1.98. The fraction of sp³-hybridized carbons (Fsp3) is 0.778. The second kappa shape index (κ2) is 5.86. The number of nitrogens with one attached hydrogen (secondary N) is 1. The van der Waals surface area contributed by atoms with E-state index in [2.05, 4.69) is 5.32 Å². The summed E-state index contributed by atoms with van der Waals surface area (Å²) < 4.78 is 0. The summed E-state index contributed by atoms with van der Waals surface area (Å²) in [7, 11) is 3.21. The first kappa shape index (κ1) is 13.2. The standard InChI is InChI=1S/C9H17ClN2O2/c1-6(8(13)11-3)5-12(4)9(14)7(2)10/h6-7H,5H2,1-4H3,(H,11,13). The summed E-state index contributed by atoms with van der Waals surface area (Å²) in [5.74, 6) is -0.460. The first-order valence-corrected chi connectivity index (χ1v) is 4.94. The molecule has 0 aliphatic heterocycles. The Kier molecular flexibility index (Phi) is 5.53. The largest absolute Gasteiger partial charge is 0.359 e. The lowest BCUT2D eigenvalue weighted by Crippen LogP contribution is -2.39. The average molecular weight is 221 g/mol. The predicted molar refractivity (Wildman–Crippen MR) is 56.2 cm³/mol. The van der Waals surface area contributed by atoms with Gasteiger partial charge >= 0.3 is 0 Å². The van der Waals surface area contributed by atoms with Crippen LogP contribution in [0.4, 0.5) is 0 Å². The van der Waals surface area contributed by atoms with Crippen molar-refractivity contribution < 1.29 is 9.59 Å². The molecule has 2 amide bonds. The number of alkyl halides is 1. The van der Waals surface area contributed by atoms with Gasteiger partial charge in [-0.05, 0) is 6.92 Å². The zero-order valence-electron chi connectivity index (χ0n) is 9.00. The summed E-state index contributed by atoms with van der Waals surface area (Å²) in [6, 6.07) is 0. The fourth-order valence-corrected chi connectivity index (χ4v) is 1.30. The maximum absolute atomic E-state index is 11.4. The third kappa shape index (κ3) is 3.96. The Morgan fingerprint density at radius 1 is 1.43 bits per heavy atom. The highest BCUT2D eigenvalue weighted by Gasteiger charge is 2.19. The van der Waals surface area contributed by atoms with E-state index in [4.69, 9.17) is 11.6 Å². The molecule has 5 heteroatoms. The van der Waals surface area contributed by atoms with Crippen molar-refractivity contribution in [1.82, 2.24) is 10.2 Å². The number of amides is 2. The lowest BCUT2D eigenvalue weighted by molar-refractivity contribution is -0.131. The molecule has 0 aromatic rings. The van der Waals surface area contributed by atoms with Gasteiger partial charge in [0.1, 0.15) is 5.38 Å². The van der Waals surface area contributed by atoms with Gasteiger partial charge < -0.3 is 10.2 Å². The van der Waals surface area contributed by atoms with E-state index < -0.39 is 5.38 Å². The zero-order chi connectivity index (χ0) is 11.3. The molecule has 0 saturated carbocycles. The molecule has 0 heterocycles. The molecular weight excluding hydrogens is 204 g/mol. The van der Waals surface area contributed by atoms with Gasteiger partial charge in [0.05, 0.1) is 5.92 Å². The molecule has 0 aromatic carbocycles. The summed E-state index contributed by atoms with van der Waals surface area (Å²) in [5.41, 5.74) is 0. The second-order valence-electron chi connectivity index (χ2n) is 3.35. The normalized spacial score (nSPS) is 14.4. The van der Waals surface area contributed by atoms with E-state index in [0.717, 1.165) is 0 Å². The maximum atomic E-state index is 11.4. The van der Waals surface area contributed by atoms with Gasteiger partial charge in [0.2, 0.25) is 11.8 Å². The Bertz CT molecular complexity index is 219. The van der Waals surface area contributed by atoms with Gasteiger partial charge in [-0.15, -0.1) is 11.6 Å². The van der Waals surface area contributed by atoms with Crippen molar-refractivity contribution in [3.63, 3.8) is 0 Å². The Hall–Kier alpha value is -0.770. The molecule has 0 spiro atoms. The van der Waals surface area contributed by atoms with Crippen molar-refractivity contribution in [2.45, 2.75) is 19.2 Å². The molecule has 0 aliphatic carbocycles. The summed E-state index contributed by atoms with van der Waals surface area (Å²) in [4.78, 5) is 24.0. The number of hydrogen-bond acceptors (Lipinski definition) is 2. The van der Waals surface area contributed by atoms with Gasteiger partial charge in [-0.1, -0.05) is 6.92 Å². The number of halogens is 1. The van der Waals surface area contributed by atoms with E-state index in [-0.39, 0.29) is 17.7 Å². The topological polar surface area (TPSA) is 49.4 Å². The summed E-state index contributed by atoms with van der Waals surface area (Å²) >= 11 is 5.63. The molecule has 0 rings (SSSR count). The van der Waals surface area contributed by atoms with Crippen molar-refractivity contribution >= 4 is 23.4 Å². The number of nitrogens with zero attached hydrogens (tertiary/aromatic N) is 1. The van der Waals surface area contributed by atoms with Crippen molar-refractivity contribution in [3.8, 4) is 0 Å². The zero-order valence-corrected chi connectivity index (χ0v) is 9.76. The van der Waals surface area contributed by atoms with E-state index in [1.54, 1.807) is 27.9 Å². The number of carbonyl (C=O) groups excluding carboxylic acids is 2. The van der Waals surface area contributed by atoms with Gasteiger partial charge in [0.25, 0.3) is 0 Å². The maximum Gasteiger partial charge on any atom is 0.240 e. The molecule has 0 saturated heterocycles. The van der Waals surface area contributed by atoms with Crippen LogP contribution < -0.4 is 5.32 Å². The lowest BCUT2D eigenvalue weighted by Gasteiger charge is -2.21. The van der Waals surface area contributed by atoms with E-state index in [1.807, 2.05) is 0 Å². The summed E-state index contributed by atoms with van der Waals surface area (Å²) in [6.07, 6.45) is 0. The van der Waals surface area contributed by atoms with Gasteiger partial charge in [0.15, 0.2) is 0 Å². The van der Waals surface area contributed by atoms with Gasteiger partial charge in [-0.25, -0.2) is 0 Å². The predicted octanol–water partition coefficient (Wildman–Crippen LogP) is 0.454. The monoisotopic (exact) mass is 220 g/mol. The number of rotatable bonds is 4. The van der Waals surface area contributed by atoms with Gasteiger partial charge in [-0.2, -0.15) is 0 Å². The lowest BCUT2D eigenvalue weighted by atomic mass is 10.1. The van der Waals surface area contributed by atoms with Crippen LogP contribution in [0.1, 0.15) is 13.8 Å².